The fourth-order valence-electron chi connectivity index (χ4n) is 3.33. The average Bonchev–Trinajstić information content (AvgIpc) is 3.35. The molecule has 0 spiro atoms. The molecule has 2 aromatic heterocycles. The summed E-state index contributed by atoms with van der Waals surface area (Å²) in [6.45, 7) is 0. The van der Waals surface area contributed by atoms with Gasteiger partial charge in [-0.15, -0.1) is 21.5 Å². The first kappa shape index (κ1) is 22.9. The van der Waals surface area contributed by atoms with Crippen LogP contribution in [0.1, 0.15) is 0 Å². The number of hydrogen-bond donors (Lipinski definition) is 3. The number of para-hydroxylation sites is 2. The molecule has 0 atom stereocenters. The van der Waals surface area contributed by atoms with Crippen molar-refractivity contribution in [2.45, 2.75) is 0 Å². The minimum absolute atomic E-state index is 0.405. The van der Waals surface area contributed by atoms with Crippen molar-refractivity contribution in [1.29, 1.82) is 0 Å². The van der Waals surface area contributed by atoms with Gasteiger partial charge in [0.05, 0.1) is 22.8 Å². The van der Waals surface area contributed by atoms with Crippen molar-refractivity contribution in [3.8, 4) is 22.5 Å². The lowest BCUT2D eigenvalue weighted by molar-refractivity contribution is 1.05. The van der Waals surface area contributed by atoms with E-state index in [1.165, 1.54) is 11.3 Å². The Morgan fingerprint density at radius 3 is 2.17 bits per heavy atom. The largest absolute Gasteiger partial charge is 0.331 e. The van der Waals surface area contributed by atoms with Crippen molar-refractivity contribution in [3.63, 3.8) is 0 Å². The third kappa shape index (κ3) is 5.81. The van der Waals surface area contributed by atoms with Gasteiger partial charge in [-0.1, -0.05) is 66.2 Å². The summed E-state index contributed by atoms with van der Waals surface area (Å²) < 4.78 is 0. The number of thiocarbonyl (C=S) groups is 1. The smallest absolute Gasteiger partial charge is 0.187 e. The number of aromatic nitrogens is 3. The Kier molecular flexibility index (Phi) is 6.94. The SMILES string of the molecule is S=C(Nc1ccc(-c2ccccc2)nn1)Nc1ccccc1Nc1nc(-c2ccc(Cl)cc2)cs1. The van der Waals surface area contributed by atoms with E-state index in [0.29, 0.717) is 16.0 Å². The lowest BCUT2D eigenvalue weighted by Gasteiger charge is -2.14. The minimum Gasteiger partial charge on any atom is -0.331 e. The number of thiazole rings is 1. The molecule has 0 aliphatic carbocycles. The molecule has 0 bridgehead atoms. The first-order chi connectivity index (χ1) is 17.1. The summed E-state index contributed by atoms with van der Waals surface area (Å²) in [5.74, 6) is 0.556. The lowest BCUT2D eigenvalue weighted by atomic mass is 10.1. The van der Waals surface area contributed by atoms with Crippen molar-refractivity contribution >= 4 is 62.6 Å². The molecule has 3 N–H and O–H groups in total. The van der Waals surface area contributed by atoms with Crippen LogP contribution in [-0.4, -0.2) is 20.3 Å². The molecule has 0 fully saturated rings. The Labute approximate surface area is 217 Å². The van der Waals surface area contributed by atoms with E-state index < -0.39 is 0 Å². The van der Waals surface area contributed by atoms with Gasteiger partial charge in [0.1, 0.15) is 0 Å². The zero-order valence-electron chi connectivity index (χ0n) is 18.3. The Morgan fingerprint density at radius 1 is 0.714 bits per heavy atom. The van der Waals surface area contributed by atoms with E-state index in [-0.39, 0.29) is 0 Å². The second kappa shape index (κ2) is 10.6. The van der Waals surface area contributed by atoms with E-state index in [0.717, 1.165) is 39.0 Å². The monoisotopic (exact) mass is 514 g/mol. The molecule has 5 aromatic rings. The van der Waals surface area contributed by atoms with Crippen molar-refractivity contribution in [2.24, 2.45) is 0 Å². The molecule has 0 aliphatic rings. The summed E-state index contributed by atoms with van der Waals surface area (Å²) in [5.41, 5.74) is 5.35. The molecule has 6 nitrogen and oxygen atoms in total. The number of nitrogens with zero attached hydrogens (tertiary/aromatic N) is 3. The molecule has 2 heterocycles. The van der Waals surface area contributed by atoms with Crippen LogP contribution >= 0.6 is 35.2 Å². The van der Waals surface area contributed by atoms with Crippen LogP contribution in [-0.2, 0) is 0 Å². The fraction of sp³-hybridized carbons (Fsp3) is 0. The second-order valence-corrected chi connectivity index (χ2v) is 9.17. The molecule has 0 saturated carbocycles. The average molecular weight is 515 g/mol. The highest BCUT2D eigenvalue weighted by Gasteiger charge is 2.09. The fourth-order valence-corrected chi connectivity index (χ4v) is 4.40. The summed E-state index contributed by atoms with van der Waals surface area (Å²) >= 11 is 13.0. The summed E-state index contributed by atoms with van der Waals surface area (Å²) in [7, 11) is 0. The molecule has 0 amide bonds. The van der Waals surface area contributed by atoms with Gasteiger partial charge in [0, 0.05) is 21.5 Å². The van der Waals surface area contributed by atoms with E-state index in [9.17, 15) is 0 Å². The summed E-state index contributed by atoms with van der Waals surface area (Å²) in [4.78, 5) is 4.70. The van der Waals surface area contributed by atoms with E-state index in [1.54, 1.807) is 0 Å². The molecule has 0 radical (unpaired) electrons. The predicted molar refractivity (Wildman–Crippen MR) is 150 cm³/mol. The normalized spacial score (nSPS) is 10.5. The predicted octanol–water partition coefficient (Wildman–Crippen LogP) is 7.47. The van der Waals surface area contributed by atoms with Crippen LogP contribution in [0.3, 0.4) is 0 Å². The molecular weight excluding hydrogens is 496 g/mol. The highest BCUT2D eigenvalue weighted by atomic mass is 35.5. The summed E-state index contributed by atoms with van der Waals surface area (Å²) in [5, 5.41) is 22.1. The van der Waals surface area contributed by atoms with Crippen molar-refractivity contribution in [2.75, 3.05) is 16.0 Å². The van der Waals surface area contributed by atoms with Gasteiger partial charge in [0.15, 0.2) is 16.1 Å². The molecular formula is C26H19ClN6S2. The minimum atomic E-state index is 0.405. The standard InChI is InChI=1S/C26H19ClN6S2/c27-19-12-10-18(11-13-19)23-16-35-26(30-23)29-22-9-5-4-8-21(22)28-25(34)31-24-15-14-20(32-33-24)17-6-2-1-3-7-17/h1-16H,(H,29,30)(H2,28,31,33,34). The Hall–Kier alpha value is -3.85. The van der Waals surface area contributed by atoms with Crippen molar-refractivity contribution in [3.05, 3.63) is 101 Å². The summed E-state index contributed by atoms with van der Waals surface area (Å²) in [6.07, 6.45) is 0. The third-order valence-corrected chi connectivity index (χ3v) is 6.25. The van der Waals surface area contributed by atoms with Gasteiger partial charge in [0.2, 0.25) is 0 Å². The van der Waals surface area contributed by atoms with Gasteiger partial charge >= 0.3 is 0 Å². The molecule has 172 valence electrons. The highest BCUT2D eigenvalue weighted by Crippen LogP contribution is 2.31. The molecule has 0 saturated heterocycles. The maximum absolute atomic E-state index is 5.99. The molecule has 0 unspecified atom stereocenters. The number of rotatable bonds is 6. The van der Waals surface area contributed by atoms with Crippen LogP contribution in [0.15, 0.2) is 96.4 Å². The van der Waals surface area contributed by atoms with Crippen LogP contribution in [0.25, 0.3) is 22.5 Å². The van der Waals surface area contributed by atoms with Crippen LogP contribution in [0.4, 0.5) is 22.3 Å². The highest BCUT2D eigenvalue weighted by molar-refractivity contribution is 7.80. The van der Waals surface area contributed by atoms with Gasteiger partial charge in [0.25, 0.3) is 0 Å². The maximum atomic E-state index is 5.99. The summed E-state index contributed by atoms with van der Waals surface area (Å²) in [6, 6.07) is 29.1. The van der Waals surface area contributed by atoms with E-state index >= 15 is 0 Å². The van der Waals surface area contributed by atoms with E-state index in [2.05, 4.69) is 26.1 Å². The number of nitrogens with one attached hydrogen (secondary N) is 3. The van der Waals surface area contributed by atoms with Crippen molar-refractivity contribution < 1.29 is 0 Å². The topological polar surface area (TPSA) is 74.8 Å². The maximum Gasteiger partial charge on any atom is 0.187 e. The van der Waals surface area contributed by atoms with Gasteiger partial charge in [-0.25, -0.2) is 4.98 Å². The quantitative estimate of drug-likeness (QED) is 0.203. The van der Waals surface area contributed by atoms with Crippen LogP contribution in [0.2, 0.25) is 5.02 Å². The van der Waals surface area contributed by atoms with E-state index in [4.69, 9.17) is 28.8 Å². The Bertz CT molecular complexity index is 1440. The van der Waals surface area contributed by atoms with Gasteiger partial charge in [-0.05, 0) is 48.6 Å². The van der Waals surface area contributed by atoms with Crippen LogP contribution < -0.4 is 16.0 Å². The Balaban J connectivity index is 1.25. The van der Waals surface area contributed by atoms with Gasteiger partial charge in [-0.2, -0.15) is 0 Å². The van der Waals surface area contributed by atoms with Crippen LogP contribution in [0.5, 0.6) is 0 Å². The zero-order chi connectivity index (χ0) is 24.0. The third-order valence-electron chi connectivity index (χ3n) is 5.04. The lowest BCUT2D eigenvalue weighted by Crippen LogP contribution is -2.20. The molecule has 5 rings (SSSR count). The molecule has 0 aliphatic heterocycles. The molecule has 35 heavy (non-hydrogen) atoms. The second-order valence-electron chi connectivity index (χ2n) is 7.46. The van der Waals surface area contributed by atoms with E-state index in [1.807, 2.05) is 96.4 Å². The van der Waals surface area contributed by atoms with Gasteiger partial charge in [-0.3, -0.25) is 0 Å². The Morgan fingerprint density at radius 2 is 1.43 bits per heavy atom. The number of anilines is 4. The number of benzene rings is 3. The molecule has 3 aromatic carbocycles. The zero-order valence-corrected chi connectivity index (χ0v) is 20.7. The number of halogens is 1. The van der Waals surface area contributed by atoms with Crippen LogP contribution in [0, 0.1) is 0 Å². The number of hydrogen-bond acceptors (Lipinski definition) is 6. The first-order valence-corrected chi connectivity index (χ1v) is 12.4. The first-order valence-electron chi connectivity index (χ1n) is 10.7. The molecule has 9 heteroatoms. The van der Waals surface area contributed by atoms with Gasteiger partial charge < -0.3 is 16.0 Å². The van der Waals surface area contributed by atoms with Crippen molar-refractivity contribution in [1.82, 2.24) is 15.2 Å².